The van der Waals surface area contributed by atoms with Gasteiger partial charge in [0.2, 0.25) is 0 Å². The summed E-state index contributed by atoms with van der Waals surface area (Å²) in [6, 6.07) is 0. The van der Waals surface area contributed by atoms with Crippen LogP contribution in [0.15, 0.2) is 0 Å². The summed E-state index contributed by atoms with van der Waals surface area (Å²) in [7, 11) is 0. The molecule has 0 bridgehead atoms. The fourth-order valence-electron chi connectivity index (χ4n) is 3.00. The number of Topliss-reactive ketones (excluding diaryl/α,β-unsaturated/α-hetero) is 1. The summed E-state index contributed by atoms with van der Waals surface area (Å²) in [5.41, 5.74) is 0.373. The van der Waals surface area contributed by atoms with E-state index in [1.54, 1.807) is 6.92 Å². The molecule has 1 fully saturated rings. The number of carbonyl (C=O) groups excluding carboxylic acids is 2. The highest BCUT2D eigenvalue weighted by molar-refractivity contribution is 5.76. The highest BCUT2D eigenvalue weighted by atomic mass is 16.5. The first kappa shape index (κ1) is 16.2. The van der Waals surface area contributed by atoms with Crippen molar-refractivity contribution in [2.24, 2.45) is 11.3 Å². The zero-order valence-corrected chi connectivity index (χ0v) is 12.8. The highest BCUT2D eigenvalue weighted by Crippen LogP contribution is 2.40. The summed E-state index contributed by atoms with van der Waals surface area (Å²) in [4.78, 5) is 22.5. The van der Waals surface area contributed by atoms with Crippen LogP contribution < -0.4 is 0 Å². The Morgan fingerprint density at radius 1 is 1.32 bits per heavy atom. The van der Waals surface area contributed by atoms with Gasteiger partial charge in [0.15, 0.2) is 0 Å². The van der Waals surface area contributed by atoms with E-state index < -0.39 is 0 Å². The first-order valence-corrected chi connectivity index (χ1v) is 7.49. The van der Waals surface area contributed by atoms with Gasteiger partial charge in [0.1, 0.15) is 11.9 Å². The van der Waals surface area contributed by atoms with Crippen LogP contribution in [0, 0.1) is 11.3 Å². The van der Waals surface area contributed by atoms with E-state index in [1.807, 2.05) is 6.92 Å². The van der Waals surface area contributed by atoms with Crippen molar-refractivity contribution in [3.63, 3.8) is 0 Å². The van der Waals surface area contributed by atoms with Crippen LogP contribution in [0.1, 0.15) is 72.6 Å². The standard InChI is InChI=1S/C16H28O3/c1-12(17)7-5-9-15(18)19-13(2)14-8-6-10-16(3,4)11-14/h13-14H,5-11H2,1-4H3/t13-,14?/m0/s1. The van der Waals surface area contributed by atoms with Gasteiger partial charge in [0, 0.05) is 12.8 Å². The molecule has 0 aromatic heterocycles. The molecule has 0 spiro atoms. The van der Waals surface area contributed by atoms with Gasteiger partial charge in [-0.3, -0.25) is 4.79 Å². The van der Waals surface area contributed by atoms with Gasteiger partial charge in [-0.2, -0.15) is 0 Å². The number of hydrogen-bond donors (Lipinski definition) is 0. The number of ether oxygens (including phenoxy) is 1. The molecule has 3 nitrogen and oxygen atoms in total. The monoisotopic (exact) mass is 268 g/mol. The molecule has 2 atom stereocenters. The second kappa shape index (κ2) is 7.06. The van der Waals surface area contributed by atoms with E-state index in [9.17, 15) is 9.59 Å². The Morgan fingerprint density at radius 2 is 2.00 bits per heavy atom. The van der Waals surface area contributed by atoms with Crippen molar-refractivity contribution in [1.29, 1.82) is 0 Å². The van der Waals surface area contributed by atoms with Gasteiger partial charge in [-0.05, 0) is 50.9 Å². The van der Waals surface area contributed by atoms with Crippen molar-refractivity contribution in [1.82, 2.24) is 0 Å². The van der Waals surface area contributed by atoms with E-state index in [0.717, 1.165) is 12.8 Å². The van der Waals surface area contributed by atoms with Crippen molar-refractivity contribution >= 4 is 11.8 Å². The smallest absolute Gasteiger partial charge is 0.306 e. The lowest BCUT2D eigenvalue weighted by Gasteiger charge is -2.37. The Hall–Kier alpha value is -0.860. The van der Waals surface area contributed by atoms with Gasteiger partial charge in [-0.25, -0.2) is 0 Å². The van der Waals surface area contributed by atoms with Gasteiger partial charge in [0.05, 0.1) is 0 Å². The Bertz CT molecular complexity index is 320. The fourth-order valence-corrected chi connectivity index (χ4v) is 3.00. The summed E-state index contributed by atoms with van der Waals surface area (Å²) in [5, 5.41) is 0. The number of hydrogen-bond acceptors (Lipinski definition) is 3. The van der Waals surface area contributed by atoms with E-state index in [0.29, 0.717) is 30.6 Å². The van der Waals surface area contributed by atoms with Crippen molar-refractivity contribution in [2.45, 2.75) is 78.7 Å². The molecule has 1 aliphatic rings. The quantitative estimate of drug-likeness (QED) is 0.686. The lowest BCUT2D eigenvalue weighted by Crippen LogP contribution is -2.32. The van der Waals surface area contributed by atoms with Crippen molar-refractivity contribution in [3.8, 4) is 0 Å². The van der Waals surface area contributed by atoms with E-state index in [2.05, 4.69) is 13.8 Å². The number of ketones is 1. The van der Waals surface area contributed by atoms with Gasteiger partial charge in [-0.15, -0.1) is 0 Å². The zero-order chi connectivity index (χ0) is 14.5. The molecule has 3 heteroatoms. The molecule has 0 aromatic rings. The third-order valence-electron chi connectivity index (χ3n) is 4.13. The molecule has 0 amide bonds. The Balaban J connectivity index is 2.31. The van der Waals surface area contributed by atoms with Crippen LogP contribution in [0.2, 0.25) is 0 Å². The third-order valence-corrected chi connectivity index (χ3v) is 4.13. The summed E-state index contributed by atoms with van der Waals surface area (Å²) < 4.78 is 5.51. The second-order valence-electron chi connectivity index (χ2n) is 6.77. The van der Waals surface area contributed by atoms with Gasteiger partial charge in [-0.1, -0.05) is 20.3 Å². The normalized spacial score (nSPS) is 23.7. The molecule has 1 aliphatic carbocycles. The molecule has 1 unspecified atom stereocenters. The molecule has 0 saturated heterocycles. The highest BCUT2D eigenvalue weighted by Gasteiger charge is 2.32. The molecule has 0 radical (unpaired) electrons. The molecule has 1 rings (SSSR count). The largest absolute Gasteiger partial charge is 0.462 e. The first-order valence-electron chi connectivity index (χ1n) is 7.49. The van der Waals surface area contributed by atoms with E-state index in [4.69, 9.17) is 4.74 Å². The predicted molar refractivity (Wildman–Crippen MR) is 75.8 cm³/mol. The summed E-state index contributed by atoms with van der Waals surface area (Å²) >= 11 is 0. The summed E-state index contributed by atoms with van der Waals surface area (Å²) in [6.07, 6.45) is 6.23. The van der Waals surface area contributed by atoms with Gasteiger partial charge < -0.3 is 9.53 Å². The van der Waals surface area contributed by atoms with Crippen LogP contribution in [0.3, 0.4) is 0 Å². The lowest BCUT2D eigenvalue weighted by atomic mass is 9.71. The van der Waals surface area contributed by atoms with Crippen molar-refractivity contribution in [2.75, 3.05) is 0 Å². The second-order valence-corrected chi connectivity index (χ2v) is 6.77. The van der Waals surface area contributed by atoms with E-state index in [-0.39, 0.29) is 17.9 Å². The maximum Gasteiger partial charge on any atom is 0.306 e. The number of esters is 1. The van der Waals surface area contributed by atoms with Crippen LogP contribution in [0.25, 0.3) is 0 Å². The molecule has 110 valence electrons. The topological polar surface area (TPSA) is 43.4 Å². The number of rotatable bonds is 6. The molecule has 0 heterocycles. The van der Waals surface area contributed by atoms with Crippen molar-refractivity contribution < 1.29 is 14.3 Å². The Kier molecular flexibility index (Phi) is 6.02. The van der Waals surface area contributed by atoms with Gasteiger partial charge >= 0.3 is 5.97 Å². The molecule has 0 aliphatic heterocycles. The van der Waals surface area contributed by atoms with Gasteiger partial charge in [0.25, 0.3) is 0 Å². The molecule has 0 aromatic carbocycles. The SMILES string of the molecule is CC(=O)CCCC(=O)O[C@@H](C)C1CCCC(C)(C)C1. The molecular weight excluding hydrogens is 240 g/mol. The van der Waals surface area contributed by atoms with Crippen LogP contribution in [0.5, 0.6) is 0 Å². The molecule has 1 saturated carbocycles. The Morgan fingerprint density at radius 3 is 2.58 bits per heavy atom. The zero-order valence-electron chi connectivity index (χ0n) is 12.8. The fraction of sp³-hybridized carbons (Fsp3) is 0.875. The molecule has 19 heavy (non-hydrogen) atoms. The average Bonchev–Trinajstić information content (AvgIpc) is 2.26. The maximum absolute atomic E-state index is 11.7. The van der Waals surface area contributed by atoms with Crippen molar-refractivity contribution in [3.05, 3.63) is 0 Å². The van der Waals surface area contributed by atoms with E-state index >= 15 is 0 Å². The molecule has 0 N–H and O–H groups in total. The van der Waals surface area contributed by atoms with E-state index in [1.165, 1.54) is 12.8 Å². The van der Waals surface area contributed by atoms with Crippen LogP contribution in [-0.4, -0.2) is 17.9 Å². The minimum Gasteiger partial charge on any atom is -0.462 e. The van der Waals surface area contributed by atoms with Crippen LogP contribution in [0.4, 0.5) is 0 Å². The lowest BCUT2D eigenvalue weighted by molar-refractivity contribution is -0.152. The van der Waals surface area contributed by atoms with Crippen LogP contribution in [-0.2, 0) is 14.3 Å². The number of carbonyl (C=O) groups is 2. The minimum absolute atomic E-state index is 0.00408. The Labute approximate surface area is 117 Å². The summed E-state index contributed by atoms with van der Waals surface area (Å²) in [6.45, 7) is 8.15. The predicted octanol–water partition coefficient (Wildman–Crippen LogP) is 3.89. The minimum atomic E-state index is -0.155. The maximum atomic E-state index is 11.7. The van der Waals surface area contributed by atoms with Crippen LogP contribution >= 0.6 is 0 Å². The average molecular weight is 268 g/mol. The third kappa shape index (κ3) is 6.22. The summed E-state index contributed by atoms with van der Waals surface area (Å²) in [5.74, 6) is 0.465. The molecular formula is C16H28O3. The first-order chi connectivity index (χ1) is 8.80.